The third kappa shape index (κ3) is 3.19. The van der Waals surface area contributed by atoms with Gasteiger partial charge in [-0.3, -0.25) is 0 Å². The van der Waals surface area contributed by atoms with Gasteiger partial charge in [0.15, 0.2) is 34.4 Å². The first-order chi connectivity index (χ1) is 19.4. The van der Waals surface area contributed by atoms with Crippen molar-refractivity contribution < 1.29 is 0 Å². The standard InChI is InChI=1S/C30H21N9/c1-2-10-22(11-3-1)39-29(25-31-14-6-15-32-25,26-33-16-7-17-34-26)23-12-4-5-13-24(23)30(39,27-35-18-8-19-36-27)28-37-20-9-21-38-28/h1-21H. The van der Waals surface area contributed by atoms with Crippen molar-refractivity contribution in [3.8, 4) is 0 Å². The van der Waals surface area contributed by atoms with Crippen molar-refractivity contribution in [2.24, 2.45) is 0 Å². The Hall–Kier alpha value is -5.44. The van der Waals surface area contributed by atoms with Crippen molar-refractivity contribution in [2.45, 2.75) is 11.1 Å². The summed E-state index contributed by atoms with van der Waals surface area (Å²) in [7, 11) is 0. The summed E-state index contributed by atoms with van der Waals surface area (Å²) in [5.41, 5.74) is 0.211. The molecule has 9 heteroatoms. The average molecular weight is 508 g/mol. The summed E-state index contributed by atoms with van der Waals surface area (Å²) < 4.78 is 0. The van der Waals surface area contributed by atoms with E-state index in [2.05, 4.69) is 17.0 Å². The molecule has 5 heterocycles. The molecular formula is C30H21N9. The molecule has 0 bridgehead atoms. The SMILES string of the molecule is c1ccc(N2C(c3ncccn3)(c3ncccn3)c3ccccc3C2(c2ncccn2)c2ncccn2)cc1. The van der Waals surface area contributed by atoms with Crippen LogP contribution in [0.5, 0.6) is 0 Å². The molecule has 4 aromatic heterocycles. The average Bonchev–Trinajstić information content (AvgIpc) is 3.32. The molecule has 0 saturated carbocycles. The van der Waals surface area contributed by atoms with Crippen LogP contribution in [-0.2, 0) is 11.1 Å². The van der Waals surface area contributed by atoms with Gasteiger partial charge in [-0.2, -0.15) is 0 Å². The second kappa shape index (κ2) is 9.14. The van der Waals surface area contributed by atoms with Gasteiger partial charge in [0, 0.05) is 55.3 Å². The van der Waals surface area contributed by atoms with Gasteiger partial charge in [-0.1, -0.05) is 42.5 Å². The molecule has 0 amide bonds. The predicted molar refractivity (Wildman–Crippen MR) is 143 cm³/mol. The first-order valence-corrected chi connectivity index (χ1v) is 12.4. The van der Waals surface area contributed by atoms with Crippen LogP contribution < -0.4 is 4.90 Å². The van der Waals surface area contributed by atoms with E-state index in [4.69, 9.17) is 39.9 Å². The minimum Gasteiger partial charge on any atom is -0.325 e. The van der Waals surface area contributed by atoms with Gasteiger partial charge in [0.25, 0.3) is 0 Å². The summed E-state index contributed by atoms with van der Waals surface area (Å²) >= 11 is 0. The lowest BCUT2D eigenvalue weighted by Crippen LogP contribution is -2.56. The Kier molecular flexibility index (Phi) is 5.33. The van der Waals surface area contributed by atoms with Crippen LogP contribution in [0.3, 0.4) is 0 Å². The van der Waals surface area contributed by atoms with Crippen LogP contribution in [0.2, 0.25) is 0 Å². The maximum atomic E-state index is 4.82. The summed E-state index contributed by atoms with van der Waals surface area (Å²) in [5, 5.41) is 0. The quantitative estimate of drug-likeness (QED) is 0.343. The van der Waals surface area contributed by atoms with Crippen molar-refractivity contribution >= 4 is 5.69 Å². The van der Waals surface area contributed by atoms with Gasteiger partial charge in [0.2, 0.25) is 0 Å². The molecule has 0 aliphatic carbocycles. The van der Waals surface area contributed by atoms with Gasteiger partial charge in [-0.15, -0.1) is 0 Å². The van der Waals surface area contributed by atoms with E-state index < -0.39 is 11.1 Å². The molecule has 39 heavy (non-hydrogen) atoms. The number of aromatic nitrogens is 8. The summed E-state index contributed by atoms with van der Waals surface area (Å²) in [6, 6.07) is 25.3. The summed E-state index contributed by atoms with van der Waals surface area (Å²) in [6.45, 7) is 0. The fourth-order valence-corrected chi connectivity index (χ4v) is 5.60. The Morgan fingerprint density at radius 2 is 0.667 bits per heavy atom. The highest BCUT2D eigenvalue weighted by Gasteiger charge is 2.67. The van der Waals surface area contributed by atoms with E-state index in [1.54, 1.807) is 73.8 Å². The largest absolute Gasteiger partial charge is 0.325 e. The highest BCUT2D eigenvalue weighted by molar-refractivity contribution is 5.73. The van der Waals surface area contributed by atoms with Gasteiger partial charge >= 0.3 is 0 Å². The Bertz CT molecular complexity index is 1510. The molecule has 6 aromatic rings. The maximum Gasteiger partial charge on any atom is 0.188 e. The lowest BCUT2D eigenvalue weighted by atomic mass is 9.85. The fraction of sp³-hybridized carbons (Fsp3) is 0.0667. The highest BCUT2D eigenvalue weighted by atomic mass is 15.4. The van der Waals surface area contributed by atoms with E-state index in [1.165, 1.54) is 0 Å². The zero-order chi connectivity index (χ0) is 26.1. The summed E-state index contributed by atoms with van der Waals surface area (Å²) in [4.78, 5) is 40.8. The molecule has 0 N–H and O–H groups in total. The molecule has 9 nitrogen and oxygen atoms in total. The number of hydrogen-bond donors (Lipinski definition) is 0. The van der Waals surface area contributed by atoms with Crippen molar-refractivity contribution in [1.29, 1.82) is 0 Å². The van der Waals surface area contributed by atoms with Gasteiger partial charge in [-0.05, 0) is 47.5 Å². The Morgan fingerprint density at radius 1 is 0.359 bits per heavy atom. The van der Waals surface area contributed by atoms with E-state index in [0.29, 0.717) is 23.3 Å². The zero-order valence-electron chi connectivity index (χ0n) is 20.6. The van der Waals surface area contributed by atoms with Crippen LogP contribution in [0.15, 0.2) is 128 Å². The number of para-hydroxylation sites is 1. The lowest BCUT2D eigenvalue weighted by Gasteiger charge is -2.45. The van der Waals surface area contributed by atoms with Crippen molar-refractivity contribution in [3.05, 3.63) is 163 Å². The van der Waals surface area contributed by atoms with Crippen LogP contribution >= 0.6 is 0 Å². The van der Waals surface area contributed by atoms with E-state index in [1.807, 2.05) is 42.5 Å². The highest BCUT2D eigenvalue weighted by Crippen LogP contribution is 2.59. The van der Waals surface area contributed by atoms with Crippen LogP contribution in [-0.4, -0.2) is 39.9 Å². The number of anilines is 1. The van der Waals surface area contributed by atoms with Crippen molar-refractivity contribution in [2.75, 3.05) is 4.90 Å². The van der Waals surface area contributed by atoms with Gasteiger partial charge in [0.1, 0.15) is 0 Å². The lowest BCUT2D eigenvalue weighted by molar-refractivity contribution is 0.429. The number of hydrogen-bond acceptors (Lipinski definition) is 9. The molecule has 1 aliphatic heterocycles. The summed E-state index contributed by atoms with van der Waals surface area (Å²) in [5.74, 6) is 2.00. The zero-order valence-corrected chi connectivity index (χ0v) is 20.6. The van der Waals surface area contributed by atoms with Crippen LogP contribution in [0.1, 0.15) is 34.4 Å². The van der Waals surface area contributed by atoms with E-state index in [-0.39, 0.29) is 0 Å². The number of fused-ring (bicyclic) bond motifs is 1. The van der Waals surface area contributed by atoms with Crippen LogP contribution in [0, 0.1) is 0 Å². The molecule has 2 aromatic carbocycles. The molecular weight excluding hydrogens is 486 g/mol. The Balaban J connectivity index is 1.74. The molecule has 0 spiro atoms. The van der Waals surface area contributed by atoms with E-state index >= 15 is 0 Å². The molecule has 0 saturated heterocycles. The van der Waals surface area contributed by atoms with Crippen molar-refractivity contribution in [1.82, 2.24) is 39.9 Å². The minimum atomic E-state index is -1.20. The van der Waals surface area contributed by atoms with E-state index in [0.717, 1.165) is 16.8 Å². The van der Waals surface area contributed by atoms with Crippen LogP contribution in [0.25, 0.3) is 0 Å². The number of rotatable bonds is 5. The van der Waals surface area contributed by atoms with Crippen molar-refractivity contribution in [3.63, 3.8) is 0 Å². The van der Waals surface area contributed by atoms with Gasteiger partial charge < -0.3 is 4.90 Å². The first kappa shape index (κ1) is 22.7. The van der Waals surface area contributed by atoms with E-state index in [9.17, 15) is 0 Å². The first-order valence-electron chi connectivity index (χ1n) is 12.4. The second-order valence-corrected chi connectivity index (χ2v) is 8.93. The molecule has 0 atom stereocenters. The molecule has 0 unspecified atom stereocenters. The third-order valence-electron chi connectivity index (χ3n) is 6.95. The number of benzene rings is 2. The Labute approximate surface area is 224 Å². The molecule has 0 fully saturated rings. The fourth-order valence-electron chi connectivity index (χ4n) is 5.60. The molecule has 186 valence electrons. The topological polar surface area (TPSA) is 106 Å². The minimum absolute atomic E-state index is 0.501. The van der Waals surface area contributed by atoms with Gasteiger partial charge in [0.05, 0.1) is 0 Å². The number of nitrogens with zero attached hydrogens (tertiary/aromatic N) is 9. The third-order valence-corrected chi connectivity index (χ3v) is 6.95. The molecule has 7 rings (SSSR count). The molecule has 0 radical (unpaired) electrons. The molecule has 1 aliphatic rings. The normalized spacial score (nSPS) is 15.0. The smallest absolute Gasteiger partial charge is 0.188 e. The monoisotopic (exact) mass is 507 g/mol. The predicted octanol–water partition coefficient (Wildman–Crippen LogP) is 3.95. The van der Waals surface area contributed by atoms with Gasteiger partial charge in [-0.25, -0.2) is 39.9 Å². The second-order valence-electron chi connectivity index (χ2n) is 8.93. The van der Waals surface area contributed by atoms with Crippen LogP contribution in [0.4, 0.5) is 5.69 Å². The Morgan fingerprint density at radius 3 is 1.00 bits per heavy atom. The maximum absolute atomic E-state index is 4.82. The summed E-state index contributed by atoms with van der Waals surface area (Å²) in [6.07, 6.45) is 13.9.